The predicted molar refractivity (Wildman–Crippen MR) is 114 cm³/mol. The quantitative estimate of drug-likeness (QED) is 0.225. The van der Waals surface area contributed by atoms with E-state index in [1.54, 1.807) is 0 Å². The number of thioether (sulfide) groups is 1. The summed E-state index contributed by atoms with van der Waals surface area (Å²) in [7, 11) is 0. The Morgan fingerprint density at radius 2 is 1.97 bits per heavy atom. The van der Waals surface area contributed by atoms with Gasteiger partial charge < -0.3 is 10.8 Å². The molecule has 1 fully saturated rings. The number of nitro groups is 1. The van der Waals surface area contributed by atoms with E-state index in [-0.39, 0.29) is 28.5 Å². The zero-order valence-corrected chi connectivity index (χ0v) is 16.6. The van der Waals surface area contributed by atoms with E-state index in [4.69, 9.17) is 10.8 Å². The zero-order chi connectivity index (χ0) is 22.5. The van der Waals surface area contributed by atoms with Gasteiger partial charge in [0.1, 0.15) is 5.25 Å². The molecule has 2 amide bonds. The van der Waals surface area contributed by atoms with E-state index in [0.717, 1.165) is 16.7 Å². The van der Waals surface area contributed by atoms with Crippen LogP contribution in [0.2, 0.25) is 0 Å². The second-order valence-electron chi connectivity index (χ2n) is 6.26. The number of non-ortho nitro benzene ring substituents is 1. The molecule has 1 unspecified atom stereocenters. The number of aromatic carboxylic acids is 1. The molecule has 1 atom stereocenters. The molecule has 1 aliphatic rings. The molecule has 12 heteroatoms. The van der Waals surface area contributed by atoms with Crippen molar-refractivity contribution in [3.05, 3.63) is 69.8 Å². The van der Waals surface area contributed by atoms with Gasteiger partial charge in [0.25, 0.3) is 5.69 Å². The number of benzene rings is 2. The molecule has 0 saturated carbocycles. The van der Waals surface area contributed by atoms with Gasteiger partial charge >= 0.3 is 5.97 Å². The Balaban J connectivity index is 1.66. The number of nitrogens with two attached hydrogens (primary N) is 1. The van der Waals surface area contributed by atoms with Crippen LogP contribution in [0.4, 0.5) is 11.4 Å². The van der Waals surface area contributed by atoms with Gasteiger partial charge in [-0.15, -0.1) is 5.10 Å². The Hall–Kier alpha value is -4.06. The lowest BCUT2D eigenvalue weighted by atomic mass is 10.2. The molecule has 0 aliphatic carbocycles. The second kappa shape index (κ2) is 9.17. The number of hydrogen-bond donors (Lipinski definition) is 2. The summed E-state index contributed by atoms with van der Waals surface area (Å²) >= 11 is 0.866. The maximum atomic E-state index is 12.6. The minimum absolute atomic E-state index is 0.0455. The van der Waals surface area contributed by atoms with E-state index in [1.807, 2.05) is 0 Å². The Morgan fingerprint density at radius 3 is 2.61 bits per heavy atom. The second-order valence-corrected chi connectivity index (χ2v) is 7.49. The Labute approximate surface area is 179 Å². The lowest BCUT2D eigenvalue weighted by Crippen LogP contribution is -2.32. The van der Waals surface area contributed by atoms with E-state index < -0.39 is 28.0 Å². The number of carbonyl (C=O) groups is 3. The van der Waals surface area contributed by atoms with Crippen molar-refractivity contribution in [3.8, 4) is 0 Å². The number of rotatable bonds is 6. The van der Waals surface area contributed by atoms with Crippen LogP contribution in [0.25, 0.3) is 0 Å². The molecule has 0 bridgehead atoms. The van der Waals surface area contributed by atoms with E-state index in [9.17, 15) is 24.5 Å². The highest BCUT2D eigenvalue weighted by atomic mass is 32.2. The van der Waals surface area contributed by atoms with Crippen LogP contribution >= 0.6 is 11.8 Å². The molecular weight excluding hydrogens is 426 g/mol. The van der Waals surface area contributed by atoms with Gasteiger partial charge in [-0.1, -0.05) is 17.8 Å². The smallest absolute Gasteiger partial charge is 0.335 e. The van der Waals surface area contributed by atoms with Crippen LogP contribution in [0.5, 0.6) is 0 Å². The fourth-order valence-electron chi connectivity index (χ4n) is 2.75. The summed E-state index contributed by atoms with van der Waals surface area (Å²) in [5.41, 5.74) is 6.41. The third-order valence-corrected chi connectivity index (χ3v) is 5.16. The van der Waals surface area contributed by atoms with E-state index >= 15 is 0 Å². The normalized spacial score (nSPS) is 16.8. The lowest BCUT2D eigenvalue weighted by molar-refractivity contribution is -0.384. The van der Waals surface area contributed by atoms with Gasteiger partial charge in [0, 0.05) is 18.6 Å². The van der Waals surface area contributed by atoms with Crippen molar-refractivity contribution in [1.29, 1.82) is 0 Å². The molecule has 1 saturated heterocycles. The number of nitro benzene ring substituents is 1. The Morgan fingerprint density at radius 1 is 1.26 bits per heavy atom. The molecule has 0 aromatic heterocycles. The van der Waals surface area contributed by atoms with Crippen molar-refractivity contribution in [2.75, 3.05) is 4.90 Å². The summed E-state index contributed by atoms with van der Waals surface area (Å²) in [6, 6.07) is 11.1. The van der Waals surface area contributed by atoms with Gasteiger partial charge in [-0.2, -0.15) is 5.10 Å². The minimum atomic E-state index is -1.17. The molecule has 11 nitrogen and oxygen atoms in total. The first-order valence-electron chi connectivity index (χ1n) is 8.74. The van der Waals surface area contributed by atoms with Crippen molar-refractivity contribution in [3.63, 3.8) is 0 Å². The standard InChI is InChI=1S/C19H15N5O6S/c20-19(22-21-10-11-4-6-13(7-5-11)24(29)30)31-15-9-16(25)23(17(15)26)14-3-1-2-12(8-14)18(27)28/h1-8,10,15H,9H2,(H2,20,22)(H,27,28)/b21-10+. The average molecular weight is 441 g/mol. The molecule has 3 N–H and O–H groups in total. The molecule has 1 aliphatic heterocycles. The summed E-state index contributed by atoms with van der Waals surface area (Å²) in [5.74, 6) is -2.18. The monoisotopic (exact) mass is 441 g/mol. The number of nitrogens with zero attached hydrogens (tertiary/aromatic N) is 4. The fourth-order valence-corrected chi connectivity index (χ4v) is 3.57. The first-order chi connectivity index (χ1) is 14.8. The lowest BCUT2D eigenvalue weighted by Gasteiger charge is -2.15. The van der Waals surface area contributed by atoms with E-state index in [2.05, 4.69) is 10.2 Å². The van der Waals surface area contributed by atoms with Crippen LogP contribution in [0.15, 0.2) is 58.7 Å². The van der Waals surface area contributed by atoms with Crippen LogP contribution < -0.4 is 10.6 Å². The summed E-state index contributed by atoms with van der Waals surface area (Å²) in [5, 5.41) is 26.4. The van der Waals surface area contributed by atoms with Crippen molar-refractivity contribution in [1.82, 2.24) is 0 Å². The number of hydrogen-bond acceptors (Lipinski definition) is 8. The van der Waals surface area contributed by atoms with Gasteiger partial charge in [0.05, 0.1) is 22.4 Å². The van der Waals surface area contributed by atoms with Crippen molar-refractivity contribution >= 4 is 52.3 Å². The SMILES string of the molecule is N/C(=N\N=C\c1ccc([N+](=O)[O-])cc1)SC1CC(=O)N(c2cccc(C(=O)O)c2)C1=O. The Kier molecular flexibility index (Phi) is 6.40. The van der Waals surface area contributed by atoms with E-state index in [1.165, 1.54) is 54.7 Å². The minimum Gasteiger partial charge on any atom is -0.478 e. The predicted octanol–water partition coefficient (Wildman–Crippen LogP) is 2.01. The van der Waals surface area contributed by atoms with Gasteiger partial charge in [0.15, 0.2) is 5.17 Å². The number of amidine groups is 1. The molecule has 2 aromatic rings. The summed E-state index contributed by atoms with van der Waals surface area (Å²) in [4.78, 5) is 47.1. The maximum Gasteiger partial charge on any atom is 0.335 e. The summed E-state index contributed by atoms with van der Waals surface area (Å²) in [6.45, 7) is 0. The summed E-state index contributed by atoms with van der Waals surface area (Å²) in [6.07, 6.45) is 1.21. The molecule has 31 heavy (non-hydrogen) atoms. The number of carbonyl (C=O) groups excluding carboxylic acids is 2. The highest BCUT2D eigenvalue weighted by molar-refractivity contribution is 8.14. The van der Waals surface area contributed by atoms with Crippen molar-refractivity contribution < 1.29 is 24.4 Å². The topological polar surface area (TPSA) is 169 Å². The third-order valence-electron chi connectivity index (χ3n) is 4.19. The number of carboxylic acids is 1. The van der Waals surface area contributed by atoms with Gasteiger partial charge in [0.2, 0.25) is 11.8 Å². The molecule has 0 radical (unpaired) electrons. The highest BCUT2D eigenvalue weighted by Gasteiger charge is 2.40. The molecule has 0 spiro atoms. The number of imide groups is 1. The van der Waals surface area contributed by atoms with Crippen LogP contribution in [-0.2, 0) is 9.59 Å². The van der Waals surface area contributed by atoms with Crippen LogP contribution in [0, 0.1) is 10.1 Å². The molecule has 1 heterocycles. The number of anilines is 1. The van der Waals surface area contributed by atoms with Crippen molar-refractivity contribution in [2.24, 2.45) is 15.9 Å². The van der Waals surface area contributed by atoms with E-state index in [0.29, 0.717) is 5.56 Å². The maximum absolute atomic E-state index is 12.6. The first-order valence-corrected chi connectivity index (χ1v) is 9.62. The van der Waals surface area contributed by atoms with Gasteiger partial charge in [-0.25, -0.2) is 9.69 Å². The molecule has 2 aromatic carbocycles. The number of amides is 2. The van der Waals surface area contributed by atoms with Gasteiger partial charge in [-0.3, -0.25) is 19.7 Å². The Bertz CT molecular complexity index is 1120. The first kappa shape index (κ1) is 21.6. The fraction of sp³-hybridized carbons (Fsp3) is 0.105. The van der Waals surface area contributed by atoms with Crippen LogP contribution in [-0.4, -0.2) is 44.4 Å². The average Bonchev–Trinajstić information content (AvgIpc) is 3.01. The zero-order valence-electron chi connectivity index (χ0n) is 15.7. The van der Waals surface area contributed by atoms with Crippen molar-refractivity contribution in [2.45, 2.75) is 11.7 Å². The van der Waals surface area contributed by atoms with Gasteiger partial charge in [-0.05, 0) is 35.9 Å². The third kappa shape index (κ3) is 5.11. The van der Waals surface area contributed by atoms with Crippen LogP contribution in [0.3, 0.4) is 0 Å². The molecular formula is C19H15N5O6S. The molecule has 3 rings (SSSR count). The number of carboxylic acid groups (broad SMARTS) is 1. The largest absolute Gasteiger partial charge is 0.478 e. The molecule has 158 valence electrons. The highest BCUT2D eigenvalue weighted by Crippen LogP contribution is 2.30. The summed E-state index contributed by atoms with van der Waals surface area (Å²) < 4.78 is 0. The van der Waals surface area contributed by atoms with Crippen LogP contribution in [0.1, 0.15) is 22.3 Å².